The maximum Gasteiger partial charge on any atom is 0.222 e. The summed E-state index contributed by atoms with van der Waals surface area (Å²) in [5, 5.41) is 0. The molecule has 0 radical (unpaired) electrons. The minimum atomic E-state index is 0.204. The van der Waals surface area contributed by atoms with Crippen molar-refractivity contribution < 1.29 is 9.21 Å². The molecule has 2 aromatic rings. The van der Waals surface area contributed by atoms with Crippen molar-refractivity contribution in [2.45, 2.75) is 58.4 Å². The van der Waals surface area contributed by atoms with Crippen molar-refractivity contribution in [3.63, 3.8) is 0 Å². The molecule has 0 saturated carbocycles. The van der Waals surface area contributed by atoms with E-state index in [0.29, 0.717) is 12.3 Å². The molecule has 0 spiro atoms. The summed E-state index contributed by atoms with van der Waals surface area (Å²) in [5.41, 5.74) is 2.57. The zero-order valence-corrected chi connectivity index (χ0v) is 15.3. The molecule has 1 aromatic heterocycles. The second kappa shape index (κ2) is 8.72. The van der Waals surface area contributed by atoms with Gasteiger partial charge in [-0.1, -0.05) is 38.1 Å². The number of hydrogen-bond donors (Lipinski definition) is 0. The van der Waals surface area contributed by atoms with Crippen LogP contribution in [-0.2, 0) is 17.6 Å². The molecule has 0 fully saturated rings. The Morgan fingerprint density at radius 2 is 1.79 bits per heavy atom. The molecule has 1 heterocycles. The number of hydrogen-bond acceptors (Lipinski definition) is 2. The molecule has 0 bridgehead atoms. The van der Waals surface area contributed by atoms with Crippen LogP contribution >= 0.6 is 0 Å². The van der Waals surface area contributed by atoms with Crippen LogP contribution < -0.4 is 0 Å². The fourth-order valence-electron chi connectivity index (χ4n) is 2.74. The Kier molecular flexibility index (Phi) is 6.65. The Balaban J connectivity index is 1.78. The highest BCUT2D eigenvalue weighted by atomic mass is 16.3. The van der Waals surface area contributed by atoms with Crippen LogP contribution in [-0.4, -0.2) is 23.9 Å². The van der Waals surface area contributed by atoms with Crippen LogP contribution in [0.4, 0.5) is 0 Å². The lowest BCUT2D eigenvalue weighted by Crippen LogP contribution is -2.35. The summed E-state index contributed by atoms with van der Waals surface area (Å²) in [6.07, 6.45) is 4.83. The molecule has 1 aromatic carbocycles. The number of amides is 1. The van der Waals surface area contributed by atoms with E-state index in [0.717, 1.165) is 25.0 Å². The van der Waals surface area contributed by atoms with Crippen molar-refractivity contribution in [1.82, 2.24) is 4.90 Å². The van der Waals surface area contributed by atoms with Crippen LogP contribution in [0.25, 0.3) is 0 Å². The van der Waals surface area contributed by atoms with E-state index in [4.69, 9.17) is 4.42 Å². The number of furan rings is 1. The Labute approximate surface area is 145 Å². The van der Waals surface area contributed by atoms with Gasteiger partial charge in [0.25, 0.3) is 0 Å². The van der Waals surface area contributed by atoms with Gasteiger partial charge in [-0.2, -0.15) is 0 Å². The molecule has 24 heavy (non-hydrogen) atoms. The second-order valence-electron chi connectivity index (χ2n) is 6.87. The zero-order valence-electron chi connectivity index (χ0n) is 15.3. The van der Waals surface area contributed by atoms with E-state index in [9.17, 15) is 4.79 Å². The third kappa shape index (κ3) is 5.26. The van der Waals surface area contributed by atoms with Gasteiger partial charge < -0.3 is 9.32 Å². The van der Waals surface area contributed by atoms with Crippen LogP contribution in [0.15, 0.2) is 47.1 Å². The van der Waals surface area contributed by atoms with E-state index in [1.54, 1.807) is 6.26 Å². The maximum absolute atomic E-state index is 12.4. The van der Waals surface area contributed by atoms with Gasteiger partial charge in [0, 0.05) is 25.9 Å². The maximum atomic E-state index is 12.4. The molecule has 0 aliphatic rings. The summed E-state index contributed by atoms with van der Waals surface area (Å²) < 4.78 is 5.35. The van der Waals surface area contributed by atoms with E-state index >= 15 is 0 Å². The molecule has 0 aliphatic carbocycles. The summed E-state index contributed by atoms with van der Waals surface area (Å²) >= 11 is 0. The molecule has 1 unspecified atom stereocenters. The molecule has 3 heteroatoms. The smallest absolute Gasteiger partial charge is 0.222 e. The van der Waals surface area contributed by atoms with Crippen molar-refractivity contribution >= 4 is 5.91 Å². The van der Waals surface area contributed by atoms with Gasteiger partial charge in [-0.3, -0.25) is 4.79 Å². The van der Waals surface area contributed by atoms with Crippen molar-refractivity contribution in [1.29, 1.82) is 0 Å². The number of benzene rings is 1. The summed E-state index contributed by atoms with van der Waals surface area (Å²) in [7, 11) is 1.90. The van der Waals surface area contributed by atoms with Gasteiger partial charge in [0.2, 0.25) is 5.91 Å². The first-order chi connectivity index (χ1) is 11.5. The summed E-state index contributed by atoms with van der Waals surface area (Å²) in [6.45, 7) is 6.48. The molecule has 0 saturated heterocycles. The van der Waals surface area contributed by atoms with Gasteiger partial charge in [0.05, 0.1) is 6.26 Å². The first-order valence-corrected chi connectivity index (χ1v) is 8.84. The van der Waals surface area contributed by atoms with Gasteiger partial charge in [0.1, 0.15) is 5.76 Å². The highest BCUT2D eigenvalue weighted by Gasteiger charge is 2.16. The number of nitrogens with zero attached hydrogens (tertiary/aromatic N) is 1. The average Bonchev–Trinajstić information content (AvgIpc) is 3.10. The van der Waals surface area contributed by atoms with Gasteiger partial charge in [-0.05, 0) is 48.9 Å². The lowest BCUT2D eigenvalue weighted by molar-refractivity contribution is -0.131. The van der Waals surface area contributed by atoms with E-state index < -0.39 is 0 Å². The first kappa shape index (κ1) is 18.3. The van der Waals surface area contributed by atoms with Crippen molar-refractivity contribution in [3.05, 3.63) is 59.5 Å². The minimum Gasteiger partial charge on any atom is -0.469 e. The summed E-state index contributed by atoms with van der Waals surface area (Å²) in [6, 6.07) is 12.7. The predicted molar refractivity (Wildman–Crippen MR) is 98.1 cm³/mol. The van der Waals surface area contributed by atoms with Crippen molar-refractivity contribution in [2.75, 3.05) is 7.05 Å². The SMILES string of the molecule is CC(C)c1ccc(CCC(=O)N(C)C(C)CCc2ccco2)cc1. The molecular weight excluding hydrogens is 298 g/mol. The van der Waals surface area contributed by atoms with Crippen molar-refractivity contribution in [2.24, 2.45) is 0 Å². The monoisotopic (exact) mass is 327 g/mol. The fourth-order valence-corrected chi connectivity index (χ4v) is 2.74. The lowest BCUT2D eigenvalue weighted by Gasteiger charge is -2.25. The summed E-state index contributed by atoms with van der Waals surface area (Å²) in [4.78, 5) is 14.3. The highest BCUT2D eigenvalue weighted by molar-refractivity contribution is 5.76. The number of carbonyl (C=O) groups is 1. The lowest BCUT2D eigenvalue weighted by atomic mass is 10.00. The van der Waals surface area contributed by atoms with Gasteiger partial charge >= 0.3 is 0 Å². The first-order valence-electron chi connectivity index (χ1n) is 8.84. The Morgan fingerprint density at radius 3 is 2.38 bits per heavy atom. The minimum absolute atomic E-state index is 0.204. The van der Waals surface area contributed by atoms with E-state index in [-0.39, 0.29) is 11.9 Å². The van der Waals surface area contributed by atoms with Gasteiger partial charge in [0.15, 0.2) is 0 Å². The van der Waals surface area contributed by atoms with Gasteiger partial charge in [-0.15, -0.1) is 0 Å². The molecule has 2 rings (SSSR count). The van der Waals surface area contributed by atoms with Gasteiger partial charge in [-0.25, -0.2) is 0 Å². The second-order valence-corrected chi connectivity index (χ2v) is 6.87. The molecular formula is C21H29NO2. The van der Waals surface area contributed by atoms with Crippen LogP contribution in [0, 0.1) is 0 Å². The number of aryl methyl sites for hydroxylation is 2. The third-order valence-electron chi connectivity index (χ3n) is 4.72. The summed E-state index contributed by atoms with van der Waals surface area (Å²) in [5.74, 6) is 1.73. The van der Waals surface area contributed by atoms with E-state index in [1.807, 2.05) is 24.1 Å². The molecule has 1 amide bonds. The fraction of sp³-hybridized carbons (Fsp3) is 0.476. The molecule has 0 aliphatic heterocycles. The largest absolute Gasteiger partial charge is 0.469 e. The molecule has 130 valence electrons. The number of rotatable bonds is 8. The highest BCUT2D eigenvalue weighted by Crippen LogP contribution is 2.16. The molecule has 3 nitrogen and oxygen atoms in total. The topological polar surface area (TPSA) is 33.5 Å². The van der Waals surface area contributed by atoms with Crippen LogP contribution in [0.5, 0.6) is 0 Å². The van der Waals surface area contributed by atoms with Crippen molar-refractivity contribution in [3.8, 4) is 0 Å². The van der Waals surface area contributed by atoms with Crippen LogP contribution in [0.2, 0.25) is 0 Å². The average molecular weight is 327 g/mol. The van der Waals surface area contributed by atoms with E-state index in [1.165, 1.54) is 11.1 Å². The Hall–Kier alpha value is -2.03. The standard InChI is InChI=1S/C21H29NO2/c1-16(2)19-11-8-18(9-12-19)10-14-21(23)22(4)17(3)7-13-20-6-5-15-24-20/h5-6,8-9,11-12,15-17H,7,10,13-14H2,1-4H3. The third-order valence-corrected chi connectivity index (χ3v) is 4.72. The molecule has 1 atom stereocenters. The van der Waals surface area contributed by atoms with Crippen LogP contribution in [0.1, 0.15) is 56.4 Å². The molecule has 0 N–H and O–H groups in total. The Bertz CT molecular complexity index is 614. The number of carbonyl (C=O) groups excluding carboxylic acids is 1. The van der Waals surface area contributed by atoms with E-state index in [2.05, 4.69) is 45.0 Å². The quantitative estimate of drug-likeness (QED) is 0.697. The Morgan fingerprint density at radius 1 is 1.08 bits per heavy atom. The normalized spacial score (nSPS) is 12.4. The predicted octanol–water partition coefficient (Wildman–Crippen LogP) is 4.82. The van der Waals surface area contributed by atoms with Crippen LogP contribution in [0.3, 0.4) is 0 Å². The zero-order chi connectivity index (χ0) is 17.5.